The van der Waals surface area contributed by atoms with Gasteiger partial charge >= 0.3 is 5.97 Å². The quantitative estimate of drug-likeness (QED) is 0.837. The standard InChI is InChI=1S/C16H22N2O2/c1-17(2)12-14-7-5-11-18(14)15-8-4-3-6-13(15)9-10-16(19)20/h3-4,6,8-10,14H,5,7,11-12H2,1-2H3,(H,19,20). The fraction of sp³-hybridized carbons (Fsp3) is 0.438. The van der Waals surface area contributed by atoms with Crippen LogP contribution in [0.5, 0.6) is 0 Å². The van der Waals surface area contributed by atoms with Crippen LogP contribution in [0.3, 0.4) is 0 Å². The van der Waals surface area contributed by atoms with Crippen LogP contribution in [0, 0.1) is 0 Å². The lowest BCUT2D eigenvalue weighted by molar-refractivity contribution is -0.131. The largest absolute Gasteiger partial charge is 0.478 e. The minimum Gasteiger partial charge on any atom is -0.478 e. The Kier molecular flexibility index (Phi) is 4.79. The van der Waals surface area contributed by atoms with Gasteiger partial charge in [0.25, 0.3) is 0 Å². The molecule has 4 nitrogen and oxygen atoms in total. The van der Waals surface area contributed by atoms with Crippen LogP contribution in [0.25, 0.3) is 6.08 Å². The Bertz CT molecular complexity index is 497. The SMILES string of the molecule is CN(C)CC1CCCN1c1ccccc1C=CC(=O)O. The van der Waals surface area contributed by atoms with Gasteiger partial charge in [0.05, 0.1) is 0 Å². The predicted octanol–water partition coefficient (Wildman–Crippen LogP) is 2.31. The van der Waals surface area contributed by atoms with Crippen LogP contribution in [-0.4, -0.2) is 49.2 Å². The number of carbonyl (C=O) groups is 1. The Morgan fingerprint density at radius 2 is 2.20 bits per heavy atom. The van der Waals surface area contributed by atoms with E-state index >= 15 is 0 Å². The molecule has 20 heavy (non-hydrogen) atoms. The van der Waals surface area contributed by atoms with Crippen LogP contribution in [0.4, 0.5) is 5.69 Å². The van der Waals surface area contributed by atoms with Crippen molar-refractivity contribution in [1.82, 2.24) is 4.90 Å². The van der Waals surface area contributed by atoms with Gasteiger partial charge in [0.15, 0.2) is 0 Å². The molecule has 0 aromatic heterocycles. The van der Waals surface area contributed by atoms with E-state index in [-0.39, 0.29) is 0 Å². The van der Waals surface area contributed by atoms with Crippen molar-refractivity contribution in [1.29, 1.82) is 0 Å². The summed E-state index contributed by atoms with van der Waals surface area (Å²) in [6.45, 7) is 2.06. The van der Waals surface area contributed by atoms with Crippen LogP contribution in [0.15, 0.2) is 30.3 Å². The summed E-state index contributed by atoms with van der Waals surface area (Å²) in [4.78, 5) is 15.3. The lowest BCUT2D eigenvalue weighted by atomic mass is 10.1. The van der Waals surface area contributed by atoms with E-state index in [0.29, 0.717) is 6.04 Å². The molecule has 1 atom stereocenters. The van der Waals surface area contributed by atoms with E-state index in [1.54, 1.807) is 6.08 Å². The second kappa shape index (κ2) is 6.57. The molecule has 1 aliphatic heterocycles. The third-order valence-electron chi connectivity index (χ3n) is 3.60. The van der Waals surface area contributed by atoms with Crippen LogP contribution in [0.1, 0.15) is 18.4 Å². The molecule has 1 heterocycles. The summed E-state index contributed by atoms with van der Waals surface area (Å²) in [6, 6.07) is 8.51. The normalized spacial score (nSPS) is 19.1. The number of hydrogen-bond acceptors (Lipinski definition) is 3. The zero-order valence-electron chi connectivity index (χ0n) is 12.1. The first-order valence-electron chi connectivity index (χ1n) is 6.99. The minimum atomic E-state index is -0.911. The molecule has 1 N–H and O–H groups in total. The highest BCUT2D eigenvalue weighted by Crippen LogP contribution is 2.29. The second-order valence-corrected chi connectivity index (χ2v) is 5.48. The number of benzene rings is 1. The summed E-state index contributed by atoms with van der Waals surface area (Å²) in [7, 11) is 4.18. The maximum absolute atomic E-state index is 10.7. The van der Waals surface area contributed by atoms with Gasteiger partial charge in [-0.3, -0.25) is 0 Å². The zero-order chi connectivity index (χ0) is 14.5. The third-order valence-corrected chi connectivity index (χ3v) is 3.60. The average molecular weight is 274 g/mol. The van der Waals surface area contributed by atoms with Crippen molar-refractivity contribution < 1.29 is 9.90 Å². The summed E-state index contributed by atoms with van der Waals surface area (Å²) in [5, 5.41) is 8.79. The fourth-order valence-corrected chi connectivity index (χ4v) is 2.82. The molecule has 0 radical (unpaired) electrons. The first kappa shape index (κ1) is 14.6. The minimum absolute atomic E-state index is 0.504. The van der Waals surface area contributed by atoms with Gasteiger partial charge in [-0.15, -0.1) is 0 Å². The van der Waals surface area contributed by atoms with Gasteiger partial charge in [0.1, 0.15) is 0 Å². The van der Waals surface area contributed by atoms with Gasteiger partial charge in [-0.25, -0.2) is 4.79 Å². The number of carboxylic acids is 1. The monoisotopic (exact) mass is 274 g/mol. The van der Waals surface area contributed by atoms with Gasteiger partial charge in [-0.2, -0.15) is 0 Å². The maximum Gasteiger partial charge on any atom is 0.328 e. The Morgan fingerprint density at radius 1 is 1.45 bits per heavy atom. The van der Waals surface area contributed by atoms with E-state index in [1.165, 1.54) is 18.9 Å². The first-order chi connectivity index (χ1) is 9.58. The van der Waals surface area contributed by atoms with Crippen molar-refractivity contribution in [3.8, 4) is 0 Å². The van der Waals surface area contributed by atoms with Crippen molar-refractivity contribution >= 4 is 17.7 Å². The molecule has 1 saturated heterocycles. The number of likely N-dealkylation sites (N-methyl/N-ethyl adjacent to an activating group) is 1. The molecule has 108 valence electrons. The highest BCUT2D eigenvalue weighted by atomic mass is 16.4. The number of aliphatic carboxylic acids is 1. The molecular weight excluding hydrogens is 252 g/mol. The lowest BCUT2D eigenvalue weighted by Crippen LogP contribution is -2.37. The van der Waals surface area contributed by atoms with Crippen molar-refractivity contribution in [3.05, 3.63) is 35.9 Å². The molecule has 1 aromatic carbocycles. The summed E-state index contributed by atoms with van der Waals surface area (Å²) in [5.41, 5.74) is 2.11. The van der Waals surface area contributed by atoms with E-state index < -0.39 is 5.97 Å². The number of anilines is 1. The molecule has 0 spiro atoms. The van der Waals surface area contributed by atoms with E-state index in [0.717, 1.165) is 24.3 Å². The van der Waals surface area contributed by atoms with E-state index in [9.17, 15) is 4.79 Å². The zero-order valence-corrected chi connectivity index (χ0v) is 12.1. The number of para-hydroxylation sites is 1. The summed E-state index contributed by atoms with van der Waals surface area (Å²) >= 11 is 0. The van der Waals surface area contributed by atoms with Gasteiger partial charge < -0.3 is 14.9 Å². The van der Waals surface area contributed by atoms with Crippen molar-refractivity contribution in [2.75, 3.05) is 32.1 Å². The van der Waals surface area contributed by atoms with Crippen LogP contribution < -0.4 is 4.90 Å². The molecule has 0 saturated carbocycles. The summed E-state index contributed by atoms with van der Waals surface area (Å²) < 4.78 is 0. The fourth-order valence-electron chi connectivity index (χ4n) is 2.82. The Hall–Kier alpha value is -1.81. The Balaban J connectivity index is 2.25. The number of carboxylic acid groups (broad SMARTS) is 1. The molecule has 1 fully saturated rings. The highest BCUT2D eigenvalue weighted by molar-refractivity contribution is 5.87. The first-order valence-corrected chi connectivity index (χ1v) is 6.99. The molecular formula is C16H22N2O2. The summed E-state index contributed by atoms with van der Waals surface area (Å²) in [6.07, 6.45) is 5.27. The lowest BCUT2D eigenvalue weighted by Gasteiger charge is -2.30. The molecule has 1 unspecified atom stereocenters. The average Bonchev–Trinajstić information content (AvgIpc) is 2.83. The van der Waals surface area contributed by atoms with Crippen molar-refractivity contribution in [3.63, 3.8) is 0 Å². The Labute approximate surface area is 120 Å². The van der Waals surface area contributed by atoms with E-state index in [2.05, 4.69) is 30.0 Å². The number of nitrogens with zero attached hydrogens (tertiary/aromatic N) is 2. The summed E-state index contributed by atoms with van der Waals surface area (Å²) in [5.74, 6) is -0.911. The second-order valence-electron chi connectivity index (χ2n) is 5.48. The van der Waals surface area contributed by atoms with Crippen molar-refractivity contribution in [2.24, 2.45) is 0 Å². The van der Waals surface area contributed by atoms with Gasteiger partial charge in [-0.1, -0.05) is 18.2 Å². The maximum atomic E-state index is 10.7. The van der Waals surface area contributed by atoms with Gasteiger partial charge in [0, 0.05) is 30.9 Å². The van der Waals surface area contributed by atoms with E-state index in [4.69, 9.17) is 5.11 Å². The van der Waals surface area contributed by atoms with E-state index in [1.807, 2.05) is 18.2 Å². The smallest absolute Gasteiger partial charge is 0.328 e. The van der Waals surface area contributed by atoms with Crippen LogP contribution in [-0.2, 0) is 4.79 Å². The topological polar surface area (TPSA) is 43.8 Å². The van der Waals surface area contributed by atoms with Gasteiger partial charge in [0.2, 0.25) is 0 Å². The third kappa shape index (κ3) is 3.61. The molecule has 4 heteroatoms. The van der Waals surface area contributed by atoms with Crippen LogP contribution in [0.2, 0.25) is 0 Å². The molecule has 1 aromatic rings. The Morgan fingerprint density at radius 3 is 2.90 bits per heavy atom. The molecule has 0 amide bonds. The molecule has 1 aliphatic rings. The molecule has 0 bridgehead atoms. The molecule has 2 rings (SSSR count). The van der Waals surface area contributed by atoms with Crippen LogP contribution >= 0.6 is 0 Å². The van der Waals surface area contributed by atoms with Crippen molar-refractivity contribution in [2.45, 2.75) is 18.9 Å². The number of hydrogen-bond donors (Lipinski definition) is 1. The molecule has 0 aliphatic carbocycles. The highest BCUT2D eigenvalue weighted by Gasteiger charge is 2.26. The van der Waals surface area contributed by atoms with Gasteiger partial charge in [-0.05, 0) is 44.6 Å². The number of rotatable bonds is 5. The predicted molar refractivity (Wildman–Crippen MR) is 82.0 cm³/mol.